The molecule has 2 heterocycles. The molecule has 0 bridgehead atoms. The monoisotopic (exact) mass is 654 g/mol. The summed E-state index contributed by atoms with van der Waals surface area (Å²) < 4.78 is 12.3. The van der Waals surface area contributed by atoms with Crippen LogP contribution in [-0.4, -0.2) is 4.98 Å². The second kappa shape index (κ2) is 11.9. The Morgan fingerprint density at radius 2 is 0.902 bits per heavy atom. The number of anilines is 3. The van der Waals surface area contributed by atoms with Crippen LogP contribution in [0, 0.1) is 0 Å². The Labute approximate surface area is 294 Å². The molecule has 51 heavy (non-hydrogen) atoms. The second-order valence-corrected chi connectivity index (χ2v) is 12.8. The number of benzene rings is 8. The smallest absolute Gasteiger partial charge is 0.227 e. The quantitative estimate of drug-likeness (QED) is 0.179. The summed E-state index contributed by atoms with van der Waals surface area (Å²) >= 11 is 0. The fraction of sp³-hybridized carbons (Fsp3) is 0. The van der Waals surface area contributed by atoms with Gasteiger partial charge in [0, 0.05) is 33.4 Å². The number of nitrogens with zero attached hydrogens (tertiary/aromatic N) is 2. The highest BCUT2D eigenvalue weighted by Gasteiger charge is 2.16. The van der Waals surface area contributed by atoms with Crippen molar-refractivity contribution in [1.82, 2.24) is 4.98 Å². The first-order valence-corrected chi connectivity index (χ1v) is 17.1. The number of aromatic nitrogens is 1. The maximum absolute atomic E-state index is 6.25. The first-order valence-electron chi connectivity index (χ1n) is 17.1. The van der Waals surface area contributed by atoms with Crippen molar-refractivity contribution in [1.29, 1.82) is 0 Å². The Morgan fingerprint density at radius 1 is 0.353 bits per heavy atom. The first kappa shape index (κ1) is 29.0. The van der Waals surface area contributed by atoms with Crippen molar-refractivity contribution in [2.45, 2.75) is 0 Å². The molecule has 4 heteroatoms. The van der Waals surface area contributed by atoms with Gasteiger partial charge in [-0.15, -0.1) is 0 Å². The first-order chi connectivity index (χ1) is 25.2. The summed E-state index contributed by atoms with van der Waals surface area (Å²) in [6, 6.07) is 63.7. The van der Waals surface area contributed by atoms with Gasteiger partial charge in [0.15, 0.2) is 5.58 Å². The van der Waals surface area contributed by atoms with Gasteiger partial charge in [0.1, 0.15) is 16.7 Å². The van der Waals surface area contributed by atoms with Gasteiger partial charge in [-0.3, -0.25) is 0 Å². The number of fused-ring (bicyclic) bond motifs is 5. The van der Waals surface area contributed by atoms with Crippen LogP contribution in [-0.2, 0) is 0 Å². The zero-order valence-electron chi connectivity index (χ0n) is 27.5. The van der Waals surface area contributed by atoms with Crippen LogP contribution < -0.4 is 4.90 Å². The molecule has 10 rings (SSSR count). The third kappa shape index (κ3) is 5.22. The van der Waals surface area contributed by atoms with Gasteiger partial charge in [-0.1, -0.05) is 103 Å². The van der Waals surface area contributed by atoms with E-state index in [1.165, 1.54) is 21.9 Å². The minimum Gasteiger partial charge on any atom is -0.456 e. The van der Waals surface area contributed by atoms with E-state index in [1.807, 2.05) is 36.4 Å². The van der Waals surface area contributed by atoms with Gasteiger partial charge in [-0.05, 0) is 112 Å². The minimum atomic E-state index is 0.602. The largest absolute Gasteiger partial charge is 0.456 e. The zero-order valence-corrected chi connectivity index (χ0v) is 27.5. The summed E-state index contributed by atoms with van der Waals surface area (Å²) in [5.74, 6) is 0.602. The second-order valence-electron chi connectivity index (χ2n) is 12.8. The van der Waals surface area contributed by atoms with E-state index in [2.05, 4.69) is 150 Å². The molecular weight excluding hydrogens is 625 g/mol. The number of furan rings is 1. The van der Waals surface area contributed by atoms with Crippen LogP contribution in [0.2, 0.25) is 0 Å². The van der Waals surface area contributed by atoms with Crippen LogP contribution in [0.5, 0.6) is 0 Å². The highest BCUT2D eigenvalue weighted by atomic mass is 16.3. The molecule has 0 fully saturated rings. The zero-order chi connectivity index (χ0) is 33.7. The molecule has 0 aliphatic rings. The van der Waals surface area contributed by atoms with Crippen molar-refractivity contribution < 1.29 is 8.83 Å². The van der Waals surface area contributed by atoms with E-state index in [-0.39, 0.29) is 0 Å². The number of hydrogen-bond acceptors (Lipinski definition) is 4. The Kier molecular flexibility index (Phi) is 6.78. The molecule has 0 aliphatic heterocycles. The van der Waals surface area contributed by atoms with Gasteiger partial charge in [-0.2, -0.15) is 0 Å². The van der Waals surface area contributed by atoms with Crippen molar-refractivity contribution in [3.05, 3.63) is 182 Å². The third-order valence-electron chi connectivity index (χ3n) is 9.69. The van der Waals surface area contributed by atoms with Crippen LogP contribution in [0.25, 0.3) is 77.5 Å². The van der Waals surface area contributed by atoms with Crippen LogP contribution in [0.1, 0.15) is 0 Å². The van der Waals surface area contributed by atoms with Gasteiger partial charge in [-0.25, -0.2) is 4.98 Å². The Bertz CT molecular complexity index is 2820. The lowest BCUT2D eigenvalue weighted by molar-refractivity contribution is 0.620. The predicted molar refractivity (Wildman–Crippen MR) is 210 cm³/mol. The van der Waals surface area contributed by atoms with Crippen molar-refractivity contribution in [3.8, 4) is 33.7 Å². The molecule has 0 spiro atoms. The van der Waals surface area contributed by atoms with E-state index in [1.54, 1.807) is 0 Å². The normalized spacial score (nSPS) is 11.5. The van der Waals surface area contributed by atoms with Gasteiger partial charge in [0.2, 0.25) is 5.89 Å². The lowest BCUT2D eigenvalue weighted by atomic mass is 10.0. The predicted octanol–water partition coefficient (Wildman–Crippen LogP) is 13.4. The van der Waals surface area contributed by atoms with E-state index in [0.717, 1.165) is 66.8 Å². The number of para-hydroxylation sites is 2. The number of rotatable bonds is 6. The molecule has 10 aromatic rings. The summed E-state index contributed by atoms with van der Waals surface area (Å²) in [6.07, 6.45) is 0. The Balaban J connectivity index is 1.03. The summed E-state index contributed by atoms with van der Waals surface area (Å²) in [5, 5.41) is 4.52. The maximum Gasteiger partial charge on any atom is 0.227 e. The molecule has 4 nitrogen and oxygen atoms in total. The maximum atomic E-state index is 6.25. The molecule has 0 N–H and O–H groups in total. The summed E-state index contributed by atoms with van der Waals surface area (Å²) in [5.41, 5.74) is 12.2. The fourth-order valence-corrected chi connectivity index (χ4v) is 7.09. The fourth-order valence-electron chi connectivity index (χ4n) is 7.09. The lowest BCUT2D eigenvalue weighted by Gasteiger charge is -2.26. The SMILES string of the molecule is c1ccc(-c2ccc(N(c3ccc(-c4ccc5oc6ccc(-c7nc8ccccc8o7)cc6c5c4)cc3)c3ccc4ccccc4c3)cc2)cc1. The van der Waals surface area contributed by atoms with Crippen molar-refractivity contribution in [3.63, 3.8) is 0 Å². The van der Waals surface area contributed by atoms with Gasteiger partial charge < -0.3 is 13.7 Å². The highest BCUT2D eigenvalue weighted by molar-refractivity contribution is 6.07. The van der Waals surface area contributed by atoms with Crippen LogP contribution in [0.4, 0.5) is 17.1 Å². The Morgan fingerprint density at radius 3 is 1.63 bits per heavy atom. The third-order valence-corrected chi connectivity index (χ3v) is 9.69. The van der Waals surface area contributed by atoms with Crippen LogP contribution in [0.15, 0.2) is 191 Å². The number of oxazole rings is 1. The average Bonchev–Trinajstić information content (AvgIpc) is 3.80. The van der Waals surface area contributed by atoms with Crippen molar-refractivity contribution >= 4 is 60.9 Å². The van der Waals surface area contributed by atoms with E-state index >= 15 is 0 Å². The molecule has 0 amide bonds. The summed E-state index contributed by atoms with van der Waals surface area (Å²) in [6.45, 7) is 0. The molecule has 0 saturated carbocycles. The summed E-state index contributed by atoms with van der Waals surface area (Å²) in [4.78, 5) is 7.04. The van der Waals surface area contributed by atoms with E-state index < -0.39 is 0 Å². The molecular formula is C47H30N2O2. The van der Waals surface area contributed by atoms with Crippen molar-refractivity contribution in [2.75, 3.05) is 4.90 Å². The van der Waals surface area contributed by atoms with E-state index in [9.17, 15) is 0 Å². The molecule has 0 atom stereocenters. The van der Waals surface area contributed by atoms with Gasteiger partial charge in [0.05, 0.1) is 0 Å². The molecule has 240 valence electrons. The van der Waals surface area contributed by atoms with Gasteiger partial charge in [0.25, 0.3) is 0 Å². The highest BCUT2D eigenvalue weighted by Crippen LogP contribution is 2.39. The van der Waals surface area contributed by atoms with Crippen LogP contribution >= 0.6 is 0 Å². The Hall–Kier alpha value is -6.91. The average molecular weight is 655 g/mol. The van der Waals surface area contributed by atoms with E-state index in [0.29, 0.717) is 5.89 Å². The van der Waals surface area contributed by atoms with Crippen molar-refractivity contribution in [2.24, 2.45) is 0 Å². The minimum absolute atomic E-state index is 0.602. The molecule has 8 aromatic carbocycles. The topological polar surface area (TPSA) is 42.4 Å². The van der Waals surface area contributed by atoms with E-state index in [4.69, 9.17) is 13.8 Å². The molecule has 0 aliphatic carbocycles. The standard InChI is InChI=1S/C47H30N2O2/c1-2-8-31(9-3-1)33-14-21-38(22-15-33)49(40-25-18-32-10-4-5-11-35(32)28-40)39-23-16-34(17-24-39)36-19-26-44-41(29-36)42-30-37(20-27-45(42)50-44)47-48-43-12-6-7-13-46(43)51-47/h1-30H. The molecule has 0 unspecified atom stereocenters. The van der Waals surface area contributed by atoms with Crippen LogP contribution in [0.3, 0.4) is 0 Å². The summed E-state index contributed by atoms with van der Waals surface area (Å²) in [7, 11) is 0. The van der Waals surface area contributed by atoms with Gasteiger partial charge >= 0.3 is 0 Å². The molecule has 0 radical (unpaired) electrons. The lowest BCUT2D eigenvalue weighted by Crippen LogP contribution is -2.09. The number of hydrogen-bond donors (Lipinski definition) is 0. The molecule has 0 saturated heterocycles. The molecule has 2 aromatic heterocycles.